The number of aliphatic hydroxyl groups is 1. The summed E-state index contributed by atoms with van der Waals surface area (Å²) >= 11 is 0. The Balaban J connectivity index is 1.91. The molecule has 3 saturated carbocycles. The van der Waals surface area contributed by atoms with Gasteiger partial charge in [0.15, 0.2) is 0 Å². The van der Waals surface area contributed by atoms with E-state index in [4.69, 9.17) is 0 Å². The van der Waals surface area contributed by atoms with Gasteiger partial charge in [0.1, 0.15) is 0 Å². The number of rotatable bonds is 0. The van der Waals surface area contributed by atoms with E-state index in [2.05, 4.69) is 0 Å². The Morgan fingerprint density at radius 2 is 1.73 bits per heavy atom. The normalized spacial score (nSPS) is 60.3. The molecule has 1 nitrogen and oxygen atoms in total. The predicted octanol–water partition coefficient (Wildman–Crippen LogP) is 1.80. The van der Waals surface area contributed by atoms with Crippen LogP contribution in [0.1, 0.15) is 32.1 Å². The van der Waals surface area contributed by atoms with E-state index in [0.29, 0.717) is 0 Å². The van der Waals surface area contributed by atoms with Crippen LogP contribution in [-0.4, -0.2) is 11.2 Å². The predicted molar refractivity (Wildman–Crippen MR) is 43.1 cm³/mol. The summed E-state index contributed by atoms with van der Waals surface area (Å²) in [7, 11) is 0. The van der Waals surface area contributed by atoms with Gasteiger partial charge in [0.2, 0.25) is 0 Å². The Labute approximate surface area is 67.8 Å². The van der Waals surface area contributed by atoms with Crippen LogP contribution in [0.15, 0.2) is 0 Å². The van der Waals surface area contributed by atoms with Crippen molar-refractivity contribution < 1.29 is 5.11 Å². The van der Waals surface area contributed by atoms with Crippen molar-refractivity contribution in [2.75, 3.05) is 0 Å². The van der Waals surface area contributed by atoms with Gasteiger partial charge in [-0.2, -0.15) is 0 Å². The minimum absolute atomic E-state index is 0.0790. The van der Waals surface area contributed by atoms with E-state index in [9.17, 15) is 5.11 Å². The molecule has 0 spiro atoms. The second-order valence-electron chi connectivity index (χ2n) is 4.72. The maximum atomic E-state index is 9.72. The third-order valence-corrected chi connectivity index (χ3v) is 4.40. The summed E-state index contributed by atoms with van der Waals surface area (Å²) in [5.74, 6) is 3.60. The molecule has 62 valence electrons. The first-order valence-electron chi connectivity index (χ1n) is 5.04. The zero-order valence-corrected chi connectivity index (χ0v) is 6.87. The minimum Gasteiger partial charge on any atom is -0.393 e. The van der Waals surface area contributed by atoms with E-state index in [-0.39, 0.29) is 6.10 Å². The summed E-state index contributed by atoms with van der Waals surface area (Å²) in [5, 5.41) is 9.72. The number of aliphatic hydroxyl groups excluding tert-OH is 1. The molecule has 3 fully saturated rings. The first-order valence-corrected chi connectivity index (χ1v) is 5.04. The summed E-state index contributed by atoms with van der Waals surface area (Å²) in [5.41, 5.74) is 0. The molecule has 1 heteroatoms. The van der Waals surface area contributed by atoms with Crippen LogP contribution in [0.25, 0.3) is 0 Å². The molecule has 4 unspecified atom stereocenters. The van der Waals surface area contributed by atoms with Crippen LogP contribution in [0.5, 0.6) is 0 Å². The van der Waals surface area contributed by atoms with Crippen molar-refractivity contribution in [1.29, 1.82) is 0 Å². The molecule has 0 saturated heterocycles. The highest BCUT2D eigenvalue weighted by Gasteiger charge is 2.52. The Bertz CT molecular complexity index is 178. The van der Waals surface area contributed by atoms with Gasteiger partial charge in [-0.25, -0.2) is 0 Å². The van der Waals surface area contributed by atoms with Crippen LogP contribution in [0.2, 0.25) is 0 Å². The van der Waals surface area contributed by atoms with Crippen molar-refractivity contribution in [3.63, 3.8) is 0 Å². The second-order valence-corrected chi connectivity index (χ2v) is 4.72. The van der Waals surface area contributed by atoms with Crippen molar-refractivity contribution in [1.82, 2.24) is 0 Å². The lowest BCUT2D eigenvalue weighted by Gasteiger charge is -2.26. The highest BCUT2D eigenvalue weighted by molar-refractivity contribution is 5.02. The average molecular weight is 152 g/mol. The first-order chi connectivity index (χ1) is 5.36. The molecule has 0 heterocycles. The number of fused-ring (bicyclic) bond motifs is 5. The molecule has 0 aromatic carbocycles. The monoisotopic (exact) mass is 152 g/mol. The zero-order valence-electron chi connectivity index (χ0n) is 6.87. The highest BCUT2D eigenvalue weighted by Crippen LogP contribution is 2.58. The lowest BCUT2D eigenvalue weighted by Crippen LogP contribution is -2.24. The van der Waals surface area contributed by atoms with Crippen molar-refractivity contribution in [3.8, 4) is 0 Å². The fraction of sp³-hybridized carbons (Fsp3) is 1.00. The molecular formula is C10H16O. The molecule has 3 rings (SSSR count). The molecule has 0 amide bonds. The van der Waals surface area contributed by atoms with Crippen LogP contribution in [0.3, 0.4) is 0 Å². The smallest absolute Gasteiger partial charge is 0.0573 e. The zero-order chi connectivity index (χ0) is 7.42. The lowest BCUT2D eigenvalue weighted by atomic mass is 9.81. The van der Waals surface area contributed by atoms with Crippen molar-refractivity contribution in [3.05, 3.63) is 0 Å². The van der Waals surface area contributed by atoms with Gasteiger partial charge in [0.05, 0.1) is 6.10 Å². The Morgan fingerprint density at radius 1 is 0.909 bits per heavy atom. The summed E-state index contributed by atoms with van der Waals surface area (Å²) in [6, 6.07) is 0. The van der Waals surface area contributed by atoms with E-state index in [1.165, 1.54) is 25.7 Å². The van der Waals surface area contributed by atoms with E-state index in [1.807, 2.05) is 0 Å². The summed E-state index contributed by atoms with van der Waals surface area (Å²) < 4.78 is 0. The lowest BCUT2D eigenvalue weighted by molar-refractivity contribution is 0.0863. The van der Waals surface area contributed by atoms with Crippen LogP contribution >= 0.6 is 0 Å². The molecule has 11 heavy (non-hydrogen) atoms. The van der Waals surface area contributed by atoms with E-state index >= 15 is 0 Å². The van der Waals surface area contributed by atoms with Gasteiger partial charge in [-0.15, -0.1) is 0 Å². The van der Waals surface area contributed by atoms with Gasteiger partial charge in [0.25, 0.3) is 0 Å². The van der Waals surface area contributed by atoms with Gasteiger partial charge in [-0.1, -0.05) is 0 Å². The Kier molecular flexibility index (Phi) is 1.18. The van der Waals surface area contributed by atoms with Crippen molar-refractivity contribution in [2.24, 2.45) is 23.7 Å². The van der Waals surface area contributed by atoms with Gasteiger partial charge in [-0.3, -0.25) is 0 Å². The van der Waals surface area contributed by atoms with Gasteiger partial charge >= 0.3 is 0 Å². The van der Waals surface area contributed by atoms with Crippen molar-refractivity contribution >= 4 is 0 Å². The third kappa shape index (κ3) is 0.703. The maximum absolute atomic E-state index is 9.72. The second kappa shape index (κ2) is 2.01. The number of hydrogen-bond acceptors (Lipinski definition) is 1. The molecule has 0 aliphatic heterocycles. The van der Waals surface area contributed by atoms with Crippen LogP contribution in [0.4, 0.5) is 0 Å². The molecule has 3 aliphatic rings. The van der Waals surface area contributed by atoms with Gasteiger partial charge in [-0.05, 0) is 55.8 Å². The van der Waals surface area contributed by atoms with E-state index < -0.39 is 0 Å². The molecule has 1 N–H and O–H groups in total. The molecule has 0 aromatic rings. The molecule has 0 radical (unpaired) electrons. The molecular weight excluding hydrogens is 136 g/mol. The topological polar surface area (TPSA) is 20.2 Å². The van der Waals surface area contributed by atoms with E-state index in [0.717, 1.165) is 30.1 Å². The molecule has 5 atom stereocenters. The first kappa shape index (κ1) is 6.47. The summed E-state index contributed by atoms with van der Waals surface area (Å²) in [6.07, 6.45) is 6.85. The van der Waals surface area contributed by atoms with Crippen LogP contribution in [0, 0.1) is 23.7 Å². The number of hydrogen-bond donors (Lipinski definition) is 1. The SMILES string of the molecule is O[C@@H]1CCC2C3CCC(C3)C21. The van der Waals surface area contributed by atoms with Crippen LogP contribution in [-0.2, 0) is 0 Å². The third-order valence-electron chi connectivity index (χ3n) is 4.40. The largest absolute Gasteiger partial charge is 0.393 e. The summed E-state index contributed by atoms with van der Waals surface area (Å²) in [6.45, 7) is 0. The Morgan fingerprint density at radius 3 is 2.55 bits per heavy atom. The van der Waals surface area contributed by atoms with Crippen LogP contribution < -0.4 is 0 Å². The summed E-state index contributed by atoms with van der Waals surface area (Å²) in [4.78, 5) is 0. The standard InChI is InChI=1S/C10H16O/c11-9-4-3-8-6-1-2-7(5-6)10(8)9/h6-11H,1-5H2/t6?,7?,8?,9-,10?/m1/s1. The van der Waals surface area contributed by atoms with E-state index in [1.54, 1.807) is 0 Å². The Hall–Kier alpha value is -0.0400. The quantitative estimate of drug-likeness (QED) is 0.561. The minimum atomic E-state index is 0.0790. The molecule has 3 aliphatic carbocycles. The average Bonchev–Trinajstić information content (AvgIpc) is 2.60. The maximum Gasteiger partial charge on any atom is 0.0573 e. The van der Waals surface area contributed by atoms with Gasteiger partial charge < -0.3 is 5.11 Å². The fourth-order valence-corrected chi connectivity index (χ4v) is 4.04. The molecule has 0 aromatic heterocycles. The van der Waals surface area contributed by atoms with Gasteiger partial charge in [0, 0.05) is 0 Å². The van der Waals surface area contributed by atoms with Crippen molar-refractivity contribution in [2.45, 2.75) is 38.2 Å². The highest BCUT2D eigenvalue weighted by atomic mass is 16.3. The fourth-order valence-electron chi connectivity index (χ4n) is 4.04. The molecule has 2 bridgehead atoms.